The Morgan fingerprint density at radius 1 is 1.20 bits per heavy atom. The van der Waals surface area contributed by atoms with Gasteiger partial charge >= 0.3 is 0 Å². The highest BCUT2D eigenvalue weighted by molar-refractivity contribution is 9.10. The van der Waals surface area contributed by atoms with Gasteiger partial charge < -0.3 is 10.3 Å². The zero-order valence-corrected chi connectivity index (χ0v) is 9.79. The van der Waals surface area contributed by atoms with Gasteiger partial charge in [0.1, 0.15) is 0 Å². The molecule has 1 aromatic carbocycles. The minimum Gasteiger partial charge on any atom is -0.347 e. The van der Waals surface area contributed by atoms with Crippen LogP contribution in [0.2, 0.25) is 0 Å². The molecule has 2 aromatic rings. The fourth-order valence-corrected chi connectivity index (χ4v) is 1.59. The summed E-state index contributed by atoms with van der Waals surface area (Å²) in [6, 6.07) is 8.30. The van der Waals surface area contributed by atoms with E-state index in [2.05, 4.69) is 43.3 Å². The van der Waals surface area contributed by atoms with E-state index in [4.69, 9.17) is 0 Å². The average Bonchev–Trinajstić information content (AvgIpc) is 2.74. The Bertz CT molecular complexity index is 394. The third-order valence-electron chi connectivity index (χ3n) is 2.11. The monoisotopic (exact) mass is 265 g/mol. The number of benzene rings is 1. The number of H-pyrrole nitrogens is 1. The molecule has 0 atom stereocenters. The molecule has 0 spiro atoms. The largest absolute Gasteiger partial charge is 0.347 e. The highest BCUT2D eigenvalue weighted by Gasteiger charge is 1.94. The summed E-state index contributed by atoms with van der Waals surface area (Å²) < 4.78 is 1.11. The number of aromatic nitrogens is 2. The summed E-state index contributed by atoms with van der Waals surface area (Å²) in [4.78, 5) is 7.01. The number of imidazole rings is 1. The third-order valence-corrected chi connectivity index (χ3v) is 2.64. The van der Waals surface area contributed by atoms with Gasteiger partial charge in [0.25, 0.3) is 0 Å². The van der Waals surface area contributed by atoms with Crippen LogP contribution in [0.1, 0.15) is 11.3 Å². The van der Waals surface area contributed by atoms with E-state index in [1.165, 1.54) is 5.56 Å². The van der Waals surface area contributed by atoms with Gasteiger partial charge in [-0.15, -0.1) is 0 Å². The molecular weight excluding hydrogens is 254 g/mol. The van der Waals surface area contributed by atoms with Gasteiger partial charge in [0.2, 0.25) is 0 Å². The van der Waals surface area contributed by atoms with E-state index in [-0.39, 0.29) is 0 Å². The van der Waals surface area contributed by atoms with E-state index in [0.717, 1.165) is 23.3 Å². The number of hydrogen-bond acceptors (Lipinski definition) is 2. The molecule has 0 unspecified atom stereocenters. The fourth-order valence-electron chi connectivity index (χ4n) is 1.33. The van der Waals surface area contributed by atoms with Crippen molar-refractivity contribution in [3.63, 3.8) is 0 Å². The molecule has 0 saturated heterocycles. The van der Waals surface area contributed by atoms with Crippen molar-refractivity contribution in [2.24, 2.45) is 0 Å². The molecule has 2 N–H and O–H groups in total. The minimum absolute atomic E-state index is 0.816. The zero-order chi connectivity index (χ0) is 10.5. The summed E-state index contributed by atoms with van der Waals surface area (Å²) in [5.41, 5.74) is 2.38. The van der Waals surface area contributed by atoms with Crippen LogP contribution < -0.4 is 5.32 Å². The average molecular weight is 266 g/mol. The summed E-state index contributed by atoms with van der Waals surface area (Å²) in [6.07, 6.45) is 3.52. The van der Waals surface area contributed by atoms with Crippen molar-refractivity contribution in [1.29, 1.82) is 0 Å². The third kappa shape index (κ3) is 3.18. The predicted molar refractivity (Wildman–Crippen MR) is 63.3 cm³/mol. The number of aromatic amines is 1. The van der Waals surface area contributed by atoms with Gasteiger partial charge in [-0.3, -0.25) is 0 Å². The Kier molecular flexibility index (Phi) is 3.53. The van der Waals surface area contributed by atoms with E-state index in [9.17, 15) is 0 Å². The zero-order valence-electron chi connectivity index (χ0n) is 8.20. The molecule has 0 aliphatic carbocycles. The van der Waals surface area contributed by atoms with Crippen LogP contribution >= 0.6 is 15.9 Å². The first-order valence-electron chi connectivity index (χ1n) is 4.77. The molecule has 15 heavy (non-hydrogen) atoms. The molecule has 0 amide bonds. The Morgan fingerprint density at radius 2 is 2.00 bits per heavy atom. The molecule has 0 fully saturated rings. The van der Waals surface area contributed by atoms with Crippen LogP contribution in [0.3, 0.4) is 0 Å². The Morgan fingerprint density at radius 3 is 2.67 bits per heavy atom. The number of hydrogen-bond donors (Lipinski definition) is 2. The van der Waals surface area contributed by atoms with Gasteiger partial charge in [0.15, 0.2) is 0 Å². The Labute approximate surface area is 97.1 Å². The van der Waals surface area contributed by atoms with Crippen molar-refractivity contribution in [3.05, 3.63) is 52.5 Å². The van der Waals surface area contributed by atoms with E-state index in [1.54, 1.807) is 6.33 Å². The lowest BCUT2D eigenvalue weighted by atomic mass is 10.2. The van der Waals surface area contributed by atoms with E-state index < -0.39 is 0 Å². The molecule has 0 saturated carbocycles. The summed E-state index contributed by atoms with van der Waals surface area (Å²) in [7, 11) is 0. The second kappa shape index (κ2) is 5.09. The van der Waals surface area contributed by atoms with Gasteiger partial charge in [0.05, 0.1) is 6.33 Å². The van der Waals surface area contributed by atoms with Crippen molar-refractivity contribution in [2.45, 2.75) is 13.1 Å². The van der Waals surface area contributed by atoms with Gasteiger partial charge in [0, 0.05) is 29.5 Å². The van der Waals surface area contributed by atoms with E-state index >= 15 is 0 Å². The number of rotatable bonds is 4. The van der Waals surface area contributed by atoms with Crippen LogP contribution in [-0.2, 0) is 13.1 Å². The lowest BCUT2D eigenvalue weighted by molar-refractivity contribution is 0.682. The Hall–Kier alpha value is -1.13. The van der Waals surface area contributed by atoms with Crippen molar-refractivity contribution < 1.29 is 0 Å². The lowest BCUT2D eigenvalue weighted by Crippen LogP contribution is -2.12. The van der Waals surface area contributed by atoms with Crippen LogP contribution in [-0.4, -0.2) is 9.97 Å². The molecule has 0 aliphatic heterocycles. The first-order chi connectivity index (χ1) is 7.34. The molecule has 2 rings (SSSR count). The minimum atomic E-state index is 0.816. The predicted octanol–water partition coefficient (Wildman–Crippen LogP) is 2.46. The SMILES string of the molecule is Brc1ccc(CNCc2cnc[nH]2)cc1. The smallest absolute Gasteiger partial charge is 0.0922 e. The quantitative estimate of drug-likeness (QED) is 0.892. The topological polar surface area (TPSA) is 40.7 Å². The van der Waals surface area contributed by atoms with Crippen molar-refractivity contribution in [1.82, 2.24) is 15.3 Å². The van der Waals surface area contributed by atoms with Gasteiger partial charge in [-0.2, -0.15) is 0 Å². The second-order valence-electron chi connectivity index (χ2n) is 3.31. The summed E-state index contributed by atoms with van der Waals surface area (Å²) in [5, 5.41) is 3.34. The first kappa shape index (κ1) is 10.4. The number of nitrogens with zero attached hydrogens (tertiary/aromatic N) is 1. The van der Waals surface area contributed by atoms with Crippen molar-refractivity contribution in [2.75, 3.05) is 0 Å². The summed E-state index contributed by atoms with van der Waals surface area (Å²) in [5.74, 6) is 0. The second-order valence-corrected chi connectivity index (χ2v) is 4.22. The molecule has 1 heterocycles. The van der Waals surface area contributed by atoms with Crippen molar-refractivity contribution >= 4 is 15.9 Å². The summed E-state index contributed by atoms with van der Waals surface area (Å²) >= 11 is 3.41. The highest BCUT2D eigenvalue weighted by atomic mass is 79.9. The maximum absolute atomic E-state index is 3.96. The molecule has 0 bridgehead atoms. The van der Waals surface area contributed by atoms with Crippen molar-refractivity contribution in [3.8, 4) is 0 Å². The molecular formula is C11H12BrN3. The molecule has 1 aromatic heterocycles. The van der Waals surface area contributed by atoms with Gasteiger partial charge in [-0.1, -0.05) is 28.1 Å². The first-order valence-corrected chi connectivity index (χ1v) is 5.56. The van der Waals surface area contributed by atoms with E-state index in [1.807, 2.05) is 18.3 Å². The molecule has 3 nitrogen and oxygen atoms in total. The van der Waals surface area contributed by atoms with Crippen LogP contribution in [0, 0.1) is 0 Å². The van der Waals surface area contributed by atoms with Crippen LogP contribution in [0.4, 0.5) is 0 Å². The lowest BCUT2D eigenvalue weighted by Gasteiger charge is -2.03. The van der Waals surface area contributed by atoms with Crippen LogP contribution in [0.25, 0.3) is 0 Å². The standard InChI is InChI=1S/C11H12BrN3/c12-10-3-1-9(2-4-10)5-13-6-11-7-14-8-15-11/h1-4,7-8,13H,5-6H2,(H,14,15). The van der Waals surface area contributed by atoms with Crippen LogP contribution in [0.5, 0.6) is 0 Å². The molecule has 0 aliphatic rings. The number of nitrogens with one attached hydrogen (secondary N) is 2. The summed E-state index contributed by atoms with van der Waals surface area (Å²) in [6.45, 7) is 1.68. The number of halogens is 1. The molecule has 4 heteroatoms. The normalized spacial score (nSPS) is 10.5. The van der Waals surface area contributed by atoms with Gasteiger partial charge in [-0.25, -0.2) is 4.98 Å². The van der Waals surface area contributed by atoms with E-state index in [0.29, 0.717) is 0 Å². The maximum Gasteiger partial charge on any atom is 0.0922 e. The van der Waals surface area contributed by atoms with Gasteiger partial charge in [-0.05, 0) is 17.7 Å². The molecule has 78 valence electrons. The fraction of sp³-hybridized carbons (Fsp3) is 0.182. The Balaban J connectivity index is 1.81. The highest BCUT2D eigenvalue weighted by Crippen LogP contribution is 2.10. The maximum atomic E-state index is 3.96. The molecule has 0 radical (unpaired) electrons. The van der Waals surface area contributed by atoms with Crippen LogP contribution in [0.15, 0.2) is 41.3 Å².